The summed E-state index contributed by atoms with van der Waals surface area (Å²) in [5, 5.41) is 13.1. The summed E-state index contributed by atoms with van der Waals surface area (Å²) in [5.74, 6) is -1.30. The molecule has 120 valence electrons. The van der Waals surface area contributed by atoms with Gasteiger partial charge in [-0.15, -0.1) is 24.0 Å². The number of rotatable bonds is 6. The first-order valence-electron chi connectivity index (χ1n) is 6.58. The molecule has 0 aliphatic heterocycles. The van der Waals surface area contributed by atoms with Crippen LogP contribution in [0.4, 0.5) is 8.78 Å². The largest absolute Gasteiger partial charge is 0.383 e. The van der Waals surface area contributed by atoms with Crippen LogP contribution >= 0.6 is 24.0 Å². The second-order valence-corrected chi connectivity index (χ2v) is 4.88. The Bertz CT molecular complexity index is 481. The first kappa shape index (κ1) is 20.0. The van der Waals surface area contributed by atoms with Crippen LogP contribution in [0.5, 0.6) is 0 Å². The maximum absolute atomic E-state index is 13.6. The quantitative estimate of drug-likeness (QED) is 0.291. The van der Waals surface area contributed by atoms with E-state index in [2.05, 4.69) is 17.2 Å². The van der Waals surface area contributed by atoms with Crippen LogP contribution in [0.2, 0.25) is 0 Å². The third-order valence-electron chi connectivity index (χ3n) is 2.91. The van der Waals surface area contributed by atoms with E-state index >= 15 is 0 Å². The van der Waals surface area contributed by atoms with Crippen LogP contribution in [0.3, 0.4) is 0 Å². The number of unbranched alkanes of at least 4 members (excludes halogenated alkanes) is 1. The van der Waals surface area contributed by atoms with Gasteiger partial charge < -0.3 is 16.2 Å². The van der Waals surface area contributed by atoms with E-state index in [4.69, 9.17) is 5.73 Å². The first-order valence-corrected chi connectivity index (χ1v) is 6.58. The minimum absolute atomic E-state index is 0. The van der Waals surface area contributed by atoms with Crippen LogP contribution in [0.15, 0.2) is 23.2 Å². The zero-order valence-corrected chi connectivity index (χ0v) is 14.5. The first-order chi connectivity index (χ1) is 9.36. The van der Waals surface area contributed by atoms with Gasteiger partial charge >= 0.3 is 0 Å². The van der Waals surface area contributed by atoms with Crippen LogP contribution in [-0.4, -0.2) is 24.2 Å². The van der Waals surface area contributed by atoms with Gasteiger partial charge in [-0.2, -0.15) is 0 Å². The molecule has 0 saturated heterocycles. The Balaban J connectivity index is 0.00000400. The van der Waals surface area contributed by atoms with E-state index in [-0.39, 0.29) is 42.0 Å². The minimum atomic E-state index is -1.55. The smallest absolute Gasteiger partial charge is 0.188 e. The second-order valence-electron chi connectivity index (χ2n) is 4.88. The summed E-state index contributed by atoms with van der Waals surface area (Å²) in [6.45, 7) is 4.04. The Labute approximate surface area is 140 Å². The molecule has 0 heterocycles. The topological polar surface area (TPSA) is 70.6 Å². The van der Waals surface area contributed by atoms with E-state index in [9.17, 15) is 13.9 Å². The van der Waals surface area contributed by atoms with Gasteiger partial charge in [-0.1, -0.05) is 19.4 Å². The molecule has 7 heteroatoms. The molecular weight excluding hydrogens is 391 g/mol. The molecule has 0 spiro atoms. The fourth-order valence-corrected chi connectivity index (χ4v) is 1.70. The number of hydrogen-bond acceptors (Lipinski definition) is 2. The molecule has 1 aromatic carbocycles. The lowest BCUT2D eigenvalue weighted by Crippen LogP contribution is -2.35. The molecule has 1 aromatic rings. The summed E-state index contributed by atoms with van der Waals surface area (Å²) < 4.78 is 26.5. The fourth-order valence-electron chi connectivity index (χ4n) is 1.70. The van der Waals surface area contributed by atoms with E-state index < -0.39 is 17.2 Å². The van der Waals surface area contributed by atoms with Crippen molar-refractivity contribution in [3.8, 4) is 0 Å². The zero-order valence-electron chi connectivity index (χ0n) is 12.2. The van der Waals surface area contributed by atoms with Gasteiger partial charge in [0.1, 0.15) is 17.2 Å². The van der Waals surface area contributed by atoms with Crippen LogP contribution in [-0.2, 0) is 5.60 Å². The van der Waals surface area contributed by atoms with Gasteiger partial charge in [-0.05, 0) is 19.4 Å². The molecule has 1 atom stereocenters. The minimum Gasteiger partial charge on any atom is -0.383 e. The van der Waals surface area contributed by atoms with Crippen molar-refractivity contribution >= 4 is 29.9 Å². The Kier molecular flexibility index (Phi) is 8.72. The molecule has 0 aromatic heterocycles. The third kappa shape index (κ3) is 6.56. The van der Waals surface area contributed by atoms with Crippen molar-refractivity contribution in [2.24, 2.45) is 10.7 Å². The summed E-state index contributed by atoms with van der Waals surface area (Å²) in [6, 6.07) is 3.04. The number of nitrogens with one attached hydrogen (secondary N) is 1. The predicted molar refractivity (Wildman–Crippen MR) is 90.7 cm³/mol. The lowest BCUT2D eigenvalue weighted by Gasteiger charge is -2.22. The molecule has 0 bridgehead atoms. The highest BCUT2D eigenvalue weighted by molar-refractivity contribution is 14.0. The summed E-state index contributed by atoms with van der Waals surface area (Å²) in [4.78, 5) is 3.98. The SMILES string of the molecule is CCCCNC(N)=NCC(C)(O)c1ccc(F)cc1F.I. The van der Waals surface area contributed by atoms with Crippen molar-refractivity contribution in [3.63, 3.8) is 0 Å². The highest BCUT2D eigenvalue weighted by Gasteiger charge is 2.26. The molecule has 0 aliphatic rings. The van der Waals surface area contributed by atoms with Crippen LogP contribution in [0, 0.1) is 11.6 Å². The number of halogens is 3. The fraction of sp³-hybridized carbons (Fsp3) is 0.500. The number of guanidine groups is 1. The predicted octanol–water partition coefficient (Wildman–Crippen LogP) is 2.49. The molecule has 1 unspecified atom stereocenters. The summed E-state index contributed by atoms with van der Waals surface area (Å²) >= 11 is 0. The molecule has 21 heavy (non-hydrogen) atoms. The van der Waals surface area contributed by atoms with Gasteiger partial charge in [0.05, 0.1) is 6.54 Å². The molecule has 0 radical (unpaired) electrons. The zero-order chi connectivity index (χ0) is 15.2. The molecule has 0 amide bonds. The van der Waals surface area contributed by atoms with Gasteiger partial charge in [0.25, 0.3) is 0 Å². The average molecular weight is 413 g/mol. The Morgan fingerprint density at radius 1 is 1.43 bits per heavy atom. The molecule has 0 fully saturated rings. The molecule has 4 N–H and O–H groups in total. The standard InChI is InChI=1S/C14H21F2N3O.HI/c1-3-4-7-18-13(17)19-9-14(2,20)11-6-5-10(15)8-12(11)16;/h5-6,8,20H,3-4,7,9H2,1-2H3,(H3,17,18,19);1H. The second kappa shape index (κ2) is 9.14. The van der Waals surface area contributed by atoms with E-state index in [0.29, 0.717) is 6.54 Å². The number of benzene rings is 1. The van der Waals surface area contributed by atoms with Gasteiger partial charge in [-0.3, -0.25) is 4.99 Å². The number of nitrogens with two attached hydrogens (primary N) is 1. The monoisotopic (exact) mass is 413 g/mol. The normalized spacial score (nSPS) is 14.2. The van der Waals surface area contributed by atoms with E-state index in [1.807, 2.05) is 0 Å². The van der Waals surface area contributed by atoms with Gasteiger partial charge in [0.15, 0.2) is 5.96 Å². The maximum Gasteiger partial charge on any atom is 0.188 e. The van der Waals surface area contributed by atoms with Crippen molar-refractivity contribution in [1.29, 1.82) is 0 Å². The maximum atomic E-state index is 13.6. The number of hydrogen-bond donors (Lipinski definition) is 3. The number of aliphatic hydroxyl groups is 1. The van der Waals surface area contributed by atoms with E-state index in [0.717, 1.165) is 25.0 Å². The summed E-state index contributed by atoms with van der Waals surface area (Å²) in [7, 11) is 0. The van der Waals surface area contributed by atoms with Gasteiger partial charge in [0.2, 0.25) is 0 Å². The Hall–Kier alpha value is -0.960. The molecule has 0 aliphatic carbocycles. The van der Waals surface area contributed by atoms with Crippen molar-refractivity contribution in [3.05, 3.63) is 35.4 Å². The number of nitrogens with zero attached hydrogens (tertiary/aromatic N) is 1. The van der Waals surface area contributed by atoms with E-state index in [1.54, 1.807) is 0 Å². The average Bonchev–Trinajstić information content (AvgIpc) is 2.36. The summed E-state index contributed by atoms with van der Waals surface area (Å²) in [6.07, 6.45) is 1.98. The number of aliphatic imine (C=N–C) groups is 1. The van der Waals surface area contributed by atoms with Crippen molar-refractivity contribution in [2.45, 2.75) is 32.3 Å². The molecular formula is C14H22F2IN3O. The molecule has 4 nitrogen and oxygen atoms in total. The van der Waals surface area contributed by atoms with Crippen LogP contribution < -0.4 is 11.1 Å². The lowest BCUT2D eigenvalue weighted by atomic mass is 9.95. The van der Waals surface area contributed by atoms with Crippen LogP contribution in [0.1, 0.15) is 32.3 Å². The highest BCUT2D eigenvalue weighted by Crippen LogP contribution is 2.24. The highest BCUT2D eigenvalue weighted by atomic mass is 127. The van der Waals surface area contributed by atoms with Crippen molar-refractivity contribution < 1.29 is 13.9 Å². The van der Waals surface area contributed by atoms with Crippen molar-refractivity contribution in [1.82, 2.24) is 5.32 Å². The Morgan fingerprint density at radius 3 is 2.67 bits per heavy atom. The van der Waals surface area contributed by atoms with Gasteiger partial charge in [-0.25, -0.2) is 8.78 Å². The third-order valence-corrected chi connectivity index (χ3v) is 2.91. The lowest BCUT2D eigenvalue weighted by molar-refractivity contribution is 0.0633. The van der Waals surface area contributed by atoms with E-state index in [1.165, 1.54) is 13.0 Å². The Morgan fingerprint density at radius 2 is 2.10 bits per heavy atom. The summed E-state index contributed by atoms with van der Waals surface area (Å²) in [5.41, 5.74) is 4.08. The van der Waals surface area contributed by atoms with Crippen molar-refractivity contribution in [2.75, 3.05) is 13.1 Å². The molecule has 0 saturated carbocycles. The van der Waals surface area contributed by atoms with Gasteiger partial charge in [0, 0.05) is 18.2 Å². The van der Waals surface area contributed by atoms with Crippen LogP contribution in [0.25, 0.3) is 0 Å². The molecule has 1 rings (SSSR count).